The first kappa shape index (κ1) is 37.2. The minimum Gasteiger partial charge on any atom is -0.493 e. The average Bonchev–Trinajstić information content (AvgIpc) is 3.04. The molecule has 0 saturated heterocycles. The number of methoxy groups -OCH3 is 1. The first-order valence-electron chi connectivity index (χ1n) is 16.0. The highest BCUT2D eigenvalue weighted by molar-refractivity contribution is 5.93. The number of carboxylic acids is 1. The molecule has 0 aliphatic rings. The number of likely N-dealkylation sites (N-methyl/N-ethyl adjacent to an activating group) is 1. The molecule has 9 heteroatoms. The number of hydrogen-bond acceptors (Lipinski definition) is 6. The van der Waals surface area contributed by atoms with E-state index in [1.165, 1.54) is 18.4 Å². The van der Waals surface area contributed by atoms with E-state index in [4.69, 9.17) is 9.47 Å². The maximum atomic E-state index is 13.1. The quantitative estimate of drug-likeness (QED) is 0.165. The van der Waals surface area contributed by atoms with Crippen molar-refractivity contribution in [2.24, 2.45) is 11.8 Å². The molecule has 9 nitrogen and oxygen atoms in total. The standard InChI is InChI=1S/C36H53N3O6/c1-9-12-13-14-28(10-2)21-30-15-16-31(35(41)42)22-33(30)39(24-34(40)37(6)7)27(5)29-17-19-32(20-18-29)45-25-26(4)23-38(11-3)36(43)44-8/h15-20,22,26,28H,5,9-14,21,23-25H2,1-4,6-8H3,(H,41,42). The minimum absolute atomic E-state index is 0.0123. The normalized spacial score (nSPS) is 12.2. The molecule has 2 aromatic rings. The number of ether oxygens (including phenoxy) is 2. The van der Waals surface area contributed by atoms with Crippen molar-refractivity contribution in [3.8, 4) is 5.75 Å². The summed E-state index contributed by atoms with van der Waals surface area (Å²) in [4.78, 5) is 42.0. The molecule has 0 bridgehead atoms. The number of carbonyl (C=O) groups is 3. The highest BCUT2D eigenvalue weighted by Gasteiger charge is 2.23. The van der Waals surface area contributed by atoms with Crippen LogP contribution in [0, 0.1) is 11.8 Å². The van der Waals surface area contributed by atoms with Gasteiger partial charge in [0.05, 0.1) is 19.3 Å². The summed E-state index contributed by atoms with van der Waals surface area (Å²) in [5.41, 5.74) is 3.22. The number of nitrogens with zero attached hydrogens (tertiary/aromatic N) is 3. The lowest BCUT2D eigenvalue weighted by Gasteiger charge is -2.31. The van der Waals surface area contributed by atoms with E-state index in [-0.39, 0.29) is 30.0 Å². The van der Waals surface area contributed by atoms with Crippen LogP contribution in [0.4, 0.5) is 10.5 Å². The second kappa shape index (κ2) is 18.7. The molecule has 2 rings (SSSR count). The summed E-state index contributed by atoms with van der Waals surface area (Å²) < 4.78 is 10.9. The zero-order valence-corrected chi connectivity index (χ0v) is 28.3. The van der Waals surface area contributed by atoms with Gasteiger partial charge in [0.2, 0.25) is 5.91 Å². The molecule has 0 aliphatic heterocycles. The maximum Gasteiger partial charge on any atom is 0.409 e. The molecule has 2 amide bonds. The largest absolute Gasteiger partial charge is 0.493 e. The van der Waals surface area contributed by atoms with Crippen LogP contribution in [0.1, 0.15) is 81.3 Å². The average molecular weight is 624 g/mol. The van der Waals surface area contributed by atoms with Crippen molar-refractivity contribution in [2.75, 3.05) is 52.3 Å². The summed E-state index contributed by atoms with van der Waals surface area (Å²) in [6.45, 7) is 14.2. The predicted molar refractivity (Wildman–Crippen MR) is 181 cm³/mol. The first-order chi connectivity index (χ1) is 21.4. The molecule has 2 aromatic carbocycles. The Kier molecular flexibility index (Phi) is 15.5. The number of carbonyl (C=O) groups excluding carboxylic acids is 2. The van der Waals surface area contributed by atoms with Crippen molar-refractivity contribution in [3.05, 3.63) is 65.7 Å². The van der Waals surface area contributed by atoms with Crippen LogP contribution in [0.5, 0.6) is 5.75 Å². The molecular formula is C36H53N3O6. The zero-order valence-electron chi connectivity index (χ0n) is 28.3. The van der Waals surface area contributed by atoms with E-state index in [1.807, 2.05) is 49.1 Å². The summed E-state index contributed by atoms with van der Waals surface area (Å²) in [5.74, 6) is 0.0509. The Morgan fingerprint density at radius 1 is 0.978 bits per heavy atom. The molecule has 1 N–H and O–H groups in total. The van der Waals surface area contributed by atoms with Gasteiger partial charge < -0.3 is 29.3 Å². The third kappa shape index (κ3) is 11.5. The van der Waals surface area contributed by atoms with Crippen LogP contribution in [0.15, 0.2) is 49.0 Å². The smallest absolute Gasteiger partial charge is 0.409 e. The van der Waals surface area contributed by atoms with E-state index >= 15 is 0 Å². The van der Waals surface area contributed by atoms with Gasteiger partial charge in [-0.3, -0.25) is 4.79 Å². The van der Waals surface area contributed by atoms with E-state index in [0.717, 1.165) is 43.2 Å². The van der Waals surface area contributed by atoms with Gasteiger partial charge in [0.25, 0.3) is 0 Å². The van der Waals surface area contributed by atoms with Crippen molar-refractivity contribution in [3.63, 3.8) is 0 Å². The van der Waals surface area contributed by atoms with E-state index < -0.39 is 5.97 Å². The second-order valence-electron chi connectivity index (χ2n) is 11.9. The van der Waals surface area contributed by atoms with Crippen molar-refractivity contribution < 1.29 is 29.0 Å². The fourth-order valence-corrected chi connectivity index (χ4v) is 5.20. The fraction of sp³-hybridized carbons (Fsp3) is 0.528. The van der Waals surface area contributed by atoms with Crippen molar-refractivity contribution in [1.82, 2.24) is 9.80 Å². The Morgan fingerprint density at radius 2 is 1.64 bits per heavy atom. The fourth-order valence-electron chi connectivity index (χ4n) is 5.20. The topological polar surface area (TPSA) is 99.6 Å². The van der Waals surface area contributed by atoms with Gasteiger partial charge in [0.1, 0.15) is 12.3 Å². The first-order valence-corrected chi connectivity index (χ1v) is 16.0. The van der Waals surface area contributed by atoms with E-state index in [9.17, 15) is 19.5 Å². The molecule has 0 aliphatic carbocycles. The van der Waals surface area contributed by atoms with Gasteiger partial charge in [0, 0.05) is 44.5 Å². The van der Waals surface area contributed by atoms with Crippen LogP contribution in [0.25, 0.3) is 5.70 Å². The Bertz CT molecular complexity index is 1260. The van der Waals surface area contributed by atoms with Crippen LogP contribution in [0.3, 0.4) is 0 Å². The molecule has 45 heavy (non-hydrogen) atoms. The third-order valence-electron chi connectivity index (χ3n) is 8.11. The van der Waals surface area contributed by atoms with E-state index in [2.05, 4.69) is 20.4 Å². The SMILES string of the molecule is C=C(c1ccc(OCC(C)CN(CC)C(=O)OC)cc1)N(CC(=O)N(C)C)c1cc(C(=O)O)ccc1CC(CC)CCCCC. The molecule has 0 spiro atoms. The Labute approximate surface area is 269 Å². The molecule has 0 heterocycles. The van der Waals surface area contributed by atoms with Gasteiger partial charge in [-0.05, 0) is 66.8 Å². The Hall–Kier alpha value is -4.01. The number of anilines is 1. The molecule has 0 fully saturated rings. The molecule has 0 aromatic heterocycles. The van der Waals surface area contributed by atoms with Gasteiger partial charge in [-0.15, -0.1) is 0 Å². The van der Waals surface area contributed by atoms with Gasteiger partial charge in [-0.2, -0.15) is 0 Å². The van der Waals surface area contributed by atoms with Gasteiger partial charge in [-0.25, -0.2) is 9.59 Å². The predicted octanol–water partition coefficient (Wildman–Crippen LogP) is 7.20. The highest BCUT2D eigenvalue weighted by Crippen LogP contribution is 2.33. The van der Waals surface area contributed by atoms with Crippen molar-refractivity contribution in [1.29, 1.82) is 0 Å². The molecule has 2 atom stereocenters. The summed E-state index contributed by atoms with van der Waals surface area (Å²) >= 11 is 0. The van der Waals surface area contributed by atoms with E-state index in [0.29, 0.717) is 42.7 Å². The number of amides is 2. The molecule has 0 radical (unpaired) electrons. The molecule has 2 unspecified atom stereocenters. The lowest BCUT2D eigenvalue weighted by molar-refractivity contribution is -0.127. The van der Waals surface area contributed by atoms with Crippen LogP contribution in [-0.2, 0) is 16.0 Å². The Morgan fingerprint density at radius 3 is 2.20 bits per heavy atom. The monoisotopic (exact) mass is 623 g/mol. The lowest BCUT2D eigenvalue weighted by Crippen LogP contribution is -2.36. The number of rotatable bonds is 19. The van der Waals surface area contributed by atoms with Crippen LogP contribution < -0.4 is 9.64 Å². The lowest BCUT2D eigenvalue weighted by atomic mass is 9.90. The van der Waals surface area contributed by atoms with Gasteiger partial charge >= 0.3 is 12.1 Å². The molecular weight excluding hydrogens is 570 g/mol. The van der Waals surface area contributed by atoms with Crippen molar-refractivity contribution in [2.45, 2.75) is 66.2 Å². The number of aromatic carboxylic acids is 1. The number of carboxylic acid groups (broad SMARTS) is 1. The van der Waals surface area contributed by atoms with E-state index in [1.54, 1.807) is 31.1 Å². The van der Waals surface area contributed by atoms with Crippen LogP contribution in [-0.4, -0.2) is 80.3 Å². The molecule has 0 saturated carbocycles. The number of benzene rings is 2. The minimum atomic E-state index is -1.02. The van der Waals surface area contributed by atoms with Crippen LogP contribution in [0.2, 0.25) is 0 Å². The Balaban J connectivity index is 2.37. The van der Waals surface area contributed by atoms with Gasteiger partial charge in [-0.1, -0.05) is 65.5 Å². The number of unbranched alkanes of at least 4 members (excludes halogenated alkanes) is 2. The summed E-state index contributed by atoms with van der Waals surface area (Å²) in [6, 6.07) is 12.7. The second-order valence-corrected chi connectivity index (χ2v) is 11.9. The highest BCUT2D eigenvalue weighted by atomic mass is 16.5. The van der Waals surface area contributed by atoms with Crippen LogP contribution >= 0.6 is 0 Å². The molecule has 248 valence electrons. The summed E-state index contributed by atoms with van der Waals surface area (Å²) in [5, 5.41) is 9.85. The maximum absolute atomic E-state index is 13.1. The van der Waals surface area contributed by atoms with Crippen molar-refractivity contribution >= 4 is 29.4 Å². The number of hydrogen-bond donors (Lipinski definition) is 1. The van der Waals surface area contributed by atoms with Gasteiger partial charge in [0.15, 0.2) is 0 Å². The summed E-state index contributed by atoms with van der Waals surface area (Å²) in [7, 11) is 4.78. The zero-order chi connectivity index (χ0) is 33.5. The summed E-state index contributed by atoms with van der Waals surface area (Å²) in [6.07, 6.45) is 6.04. The third-order valence-corrected chi connectivity index (χ3v) is 8.11.